The smallest absolute Gasteiger partial charge is 0.216 e. The van der Waals surface area contributed by atoms with Crippen molar-refractivity contribution in [1.82, 2.24) is 4.98 Å². The largest absolute Gasteiger partial charge is 0.304 e. The Labute approximate surface area is 87.0 Å². The maximum atomic E-state index is 13.3. The molecule has 0 unspecified atom stereocenters. The highest BCUT2D eigenvalue weighted by Crippen LogP contribution is 2.26. The minimum atomic E-state index is -0.545. The molecule has 0 amide bonds. The summed E-state index contributed by atoms with van der Waals surface area (Å²) in [6.07, 6.45) is 1.26. The number of halogens is 2. The van der Waals surface area contributed by atoms with Gasteiger partial charge >= 0.3 is 0 Å². The van der Waals surface area contributed by atoms with Crippen LogP contribution in [0.3, 0.4) is 0 Å². The summed E-state index contributed by atoms with van der Waals surface area (Å²) >= 11 is 5.72. The summed E-state index contributed by atoms with van der Waals surface area (Å²) in [5.41, 5.74) is -0.146. The average molecular weight is 219 g/mol. The molecule has 14 heavy (non-hydrogen) atoms. The SMILES string of the molecule is CC(C)(CON)c1cc(Cl)cnc1F. The molecule has 0 saturated heterocycles. The van der Waals surface area contributed by atoms with Crippen molar-refractivity contribution in [3.05, 3.63) is 28.8 Å². The molecule has 2 N–H and O–H groups in total. The summed E-state index contributed by atoms with van der Waals surface area (Å²) in [7, 11) is 0. The van der Waals surface area contributed by atoms with Gasteiger partial charge in [0.15, 0.2) is 0 Å². The molecule has 0 fully saturated rings. The van der Waals surface area contributed by atoms with E-state index in [2.05, 4.69) is 9.82 Å². The maximum absolute atomic E-state index is 13.3. The number of rotatable bonds is 3. The highest BCUT2D eigenvalue weighted by Gasteiger charge is 2.25. The summed E-state index contributed by atoms with van der Waals surface area (Å²) in [5.74, 6) is 4.42. The van der Waals surface area contributed by atoms with Crippen molar-refractivity contribution in [2.75, 3.05) is 6.61 Å². The average Bonchev–Trinajstić information content (AvgIpc) is 2.09. The Morgan fingerprint density at radius 2 is 2.29 bits per heavy atom. The van der Waals surface area contributed by atoms with Crippen molar-refractivity contribution in [2.24, 2.45) is 5.90 Å². The third-order valence-electron chi connectivity index (χ3n) is 1.98. The van der Waals surface area contributed by atoms with Crippen LogP contribution in [0.2, 0.25) is 5.02 Å². The molecule has 0 saturated carbocycles. The molecule has 0 aromatic carbocycles. The zero-order valence-corrected chi connectivity index (χ0v) is 8.81. The van der Waals surface area contributed by atoms with E-state index in [9.17, 15) is 4.39 Å². The summed E-state index contributed by atoms with van der Waals surface area (Å²) in [6.45, 7) is 3.80. The Morgan fingerprint density at radius 3 is 2.86 bits per heavy atom. The van der Waals surface area contributed by atoms with Gasteiger partial charge in [0.25, 0.3) is 0 Å². The normalized spacial score (nSPS) is 11.8. The van der Waals surface area contributed by atoms with Crippen molar-refractivity contribution in [3.63, 3.8) is 0 Å². The molecule has 78 valence electrons. The second-order valence-corrected chi connectivity index (χ2v) is 4.12. The Bertz CT molecular complexity index is 331. The van der Waals surface area contributed by atoms with Crippen molar-refractivity contribution in [1.29, 1.82) is 0 Å². The first kappa shape index (κ1) is 11.4. The lowest BCUT2D eigenvalue weighted by Gasteiger charge is -2.23. The van der Waals surface area contributed by atoms with Crippen molar-refractivity contribution in [3.8, 4) is 0 Å². The minimum Gasteiger partial charge on any atom is -0.304 e. The molecule has 1 heterocycles. The zero-order valence-electron chi connectivity index (χ0n) is 8.05. The van der Waals surface area contributed by atoms with E-state index in [-0.39, 0.29) is 6.61 Å². The third kappa shape index (κ3) is 2.41. The maximum Gasteiger partial charge on any atom is 0.216 e. The molecule has 0 spiro atoms. The van der Waals surface area contributed by atoms with Gasteiger partial charge in [-0.3, -0.25) is 0 Å². The van der Waals surface area contributed by atoms with Gasteiger partial charge in [-0.1, -0.05) is 25.4 Å². The van der Waals surface area contributed by atoms with Crippen LogP contribution in [0.5, 0.6) is 0 Å². The molecule has 0 aliphatic rings. The monoisotopic (exact) mass is 218 g/mol. The highest BCUT2D eigenvalue weighted by molar-refractivity contribution is 6.30. The molecular weight excluding hydrogens is 207 g/mol. The summed E-state index contributed by atoms with van der Waals surface area (Å²) in [5, 5.41) is 0.395. The van der Waals surface area contributed by atoms with Crippen molar-refractivity contribution in [2.45, 2.75) is 19.3 Å². The molecule has 0 bridgehead atoms. The van der Waals surface area contributed by atoms with E-state index in [1.54, 1.807) is 13.8 Å². The number of aromatic nitrogens is 1. The molecule has 1 rings (SSSR count). The van der Waals surface area contributed by atoms with Crippen LogP contribution in [-0.4, -0.2) is 11.6 Å². The highest BCUT2D eigenvalue weighted by atomic mass is 35.5. The van der Waals surface area contributed by atoms with E-state index >= 15 is 0 Å². The Kier molecular flexibility index (Phi) is 3.42. The van der Waals surface area contributed by atoms with E-state index in [0.717, 1.165) is 0 Å². The van der Waals surface area contributed by atoms with Gasteiger partial charge < -0.3 is 4.84 Å². The Morgan fingerprint density at radius 1 is 1.64 bits per heavy atom. The lowest BCUT2D eigenvalue weighted by atomic mass is 9.86. The number of nitrogens with zero attached hydrogens (tertiary/aromatic N) is 1. The molecular formula is C9H12ClFN2O. The van der Waals surface area contributed by atoms with Crippen LogP contribution >= 0.6 is 11.6 Å². The van der Waals surface area contributed by atoms with Crippen LogP contribution in [0.4, 0.5) is 4.39 Å². The number of pyridine rings is 1. The van der Waals surface area contributed by atoms with E-state index in [4.69, 9.17) is 17.5 Å². The lowest BCUT2D eigenvalue weighted by Crippen LogP contribution is -2.27. The first-order valence-corrected chi connectivity index (χ1v) is 4.48. The van der Waals surface area contributed by atoms with Gasteiger partial charge in [-0.15, -0.1) is 0 Å². The molecule has 3 nitrogen and oxygen atoms in total. The van der Waals surface area contributed by atoms with E-state index in [1.807, 2.05) is 0 Å². The standard InChI is InChI=1S/C9H12ClFN2O/c1-9(2,5-14-12)7-3-6(10)4-13-8(7)11/h3-4H,5,12H2,1-2H3. The molecule has 5 heteroatoms. The van der Waals surface area contributed by atoms with Gasteiger partial charge in [-0.2, -0.15) is 4.39 Å². The first-order valence-electron chi connectivity index (χ1n) is 4.10. The fourth-order valence-corrected chi connectivity index (χ4v) is 1.34. The van der Waals surface area contributed by atoms with Crippen molar-refractivity contribution < 1.29 is 9.23 Å². The summed E-state index contributed by atoms with van der Waals surface area (Å²) in [4.78, 5) is 8.05. The molecule has 0 radical (unpaired) electrons. The summed E-state index contributed by atoms with van der Waals surface area (Å²) in [6, 6.07) is 1.53. The topological polar surface area (TPSA) is 48.1 Å². The lowest BCUT2D eigenvalue weighted by molar-refractivity contribution is 0.0947. The van der Waals surface area contributed by atoms with Crippen LogP contribution < -0.4 is 5.90 Å². The Balaban J connectivity index is 3.10. The van der Waals surface area contributed by atoms with Crippen molar-refractivity contribution >= 4 is 11.6 Å². The van der Waals surface area contributed by atoms with Crippen LogP contribution in [0.15, 0.2) is 12.3 Å². The fraction of sp³-hybridized carbons (Fsp3) is 0.444. The van der Waals surface area contributed by atoms with Crippen LogP contribution in [0.1, 0.15) is 19.4 Å². The molecule has 0 aliphatic carbocycles. The number of nitrogens with two attached hydrogens (primary N) is 1. The van der Waals surface area contributed by atoms with Crippen LogP contribution in [-0.2, 0) is 10.3 Å². The minimum absolute atomic E-state index is 0.200. The van der Waals surface area contributed by atoms with Gasteiger partial charge in [-0.05, 0) is 6.07 Å². The van der Waals surface area contributed by atoms with Gasteiger partial charge in [0.05, 0.1) is 11.6 Å². The molecule has 1 aromatic rings. The second kappa shape index (κ2) is 4.21. The quantitative estimate of drug-likeness (QED) is 0.624. The predicted molar refractivity (Wildman–Crippen MR) is 52.4 cm³/mol. The van der Waals surface area contributed by atoms with Gasteiger partial charge in [0.2, 0.25) is 5.95 Å². The van der Waals surface area contributed by atoms with Gasteiger partial charge in [0.1, 0.15) is 0 Å². The van der Waals surface area contributed by atoms with E-state index < -0.39 is 11.4 Å². The van der Waals surface area contributed by atoms with E-state index in [1.165, 1.54) is 12.3 Å². The molecule has 0 atom stereocenters. The number of hydrogen-bond acceptors (Lipinski definition) is 3. The molecule has 1 aromatic heterocycles. The summed E-state index contributed by atoms with van der Waals surface area (Å²) < 4.78 is 13.3. The van der Waals surface area contributed by atoms with E-state index in [0.29, 0.717) is 10.6 Å². The van der Waals surface area contributed by atoms with Gasteiger partial charge in [-0.25, -0.2) is 10.9 Å². The predicted octanol–water partition coefficient (Wildman–Crippen LogP) is 2.04. The zero-order chi connectivity index (χ0) is 10.8. The van der Waals surface area contributed by atoms with Crippen LogP contribution in [0.25, 0.3) is 0 Å². The molecule has 0 aliphatic heterocycles. The first-order chi connectivity index (χ1) is 6.47. The Hall–Kier alpha value is -0.710. The van der Waals surface area contributed by atoms with Gasteiger partial charge in [0, 0.05) is 17.2 Å². The second-order valence-electron chi connectivity index (χ2n) is 3.69. The van der Waals surface area contributed by atoms with Crippen LogP contribution in [0, 0.1) is 5.95 Å². The number of hydrogen-bond donors (Lipinski definition) is 1. The fourth-order valence-electron chi connectivity index (χ4n) is 1.18. The third-order valence-corrected chi connectivity index (χ3v) is 2.19.